The molecular weight excluding hydrogens is 313 g/mol. The molecule has 0 fully saturated rings. The first-order valence-corrected chi connectivity index (χ1v) is 8.55. The van der Waals surface area contributed by atoms with Crippen LogP contribution in [0.2, 0.25) is 0 Å². The van der Waals surface area contributed by atoms with Gasteiger partial charge in [0.25, 0.3) is 0 Å². The van der Waals surface area contributed by atoms with Gasteiger partial charge in [-0.3, -0.25) is 4.99 Å². The van der Waals surface area contributed by atoms with Gasteiger partial charge in [0, 0.05) is 44.0 Å². The van der Waals surface area contributed by atoms with E-state index >= 15 is 0 Å². The Kier molecular flexibility index (Phi) is 7.45. The van der Waals surface area contributed by atoms with Gasteiger partial charge in [0.05, 0.1) is 6.33 Å². The fourth-order valence-corrected chi connectivity index (χ4v) is 2.80. The number of nitrogens with one attached hydrogen (secondary N) is 2. The molecule has 1 aromatic heterocycles. The van der Waals surface area contributed by atoms with Crippen LogP contribution in [-0.4, -0.2) is 41.4 Å². The van der Waals surface area contributed by atoms with Gasteiger partial charge in [-0.05, 0) is 36.4 Å². The zero-order chi connectivity index (χ0) is 16.3. The Morgan fingerprint density at radius 2 is 2.04 bits per heavy atom. The lowest BCUT2D eigenvalue weighted by atomic mass is 10.4. The molecule has 0 radical (unpaired) electrons. The second-order valence-corrected chi connectivity index (χ2v) is 6.05. The van der Waals surface area contributed by atoms with E-state index in [0.717, 1.165) is 42.7 Å². The van der Waals surface area contributed by atoms with Crippen molar-refractivity contribution in [3.05, 3.63) is 48.8 Å². The van der Waals surface area contributed by atoms with Gasteiger partial charge in [-0.1, -0.05) is 0 Å². The van der Waals surface area contributed by atoms with Crippen molar-refractivity contribution in [1.82, 2.24) is 20.2 Å². The van der Waals surface area contributed by atoms with Gasteiger partial charge < -0.3 is 15.2 Å². The maximum atomic E-state index is 12.8. The smallest absolute Gasteiger partial charge is 0.191 e. The Balaban J connectivity index is 1.55. The summed E-state index contributed by atoms with van der Waals surface area (Å²) in [5, 5.41) is 6.55. The monoisotopic (exact) mass is 335 g/mol. The van der Waals surface area contributed by atoms with E-state index in [1.165, 1.54) is 12.1 Å². The molecule has 5 nitrogen and oxygen atoms in total. The molecule has 2 N–H and O–H groups in total. The Bertz CT molecular complexity index is 583. The van der Waals surface area contributed by atoms with E-state index in [4.69, 9.17) is 0 Å². The SMILES string of the molecule is CN=C(NCCCSc1ccc(F)cc1)NCCn1ccnc1. The average molecular weight is 335 g/mol. The van der Waals surface area contributed by atoms with Crippen LogP contribution in [0.25, 0.3) is 0 Å². The van der Waals surface area contributed by atoms with E-state index in [0.29, 0.717) is 0 Å². The van der Waals surface area contributed by atoms with Crippen LogP contribution in [-0.2, 0) is 6.54 Å². The van der Waals surface area contributed by atoms with Gasteiger partial charge in [-0.25, -0.2) is 9.37 Å². The van der Waals surface area contributed by atoms with Crippen molar-refractivity contribution >= 4 is 17.7 Å². The minimum absolute atomic E-state index is 0.193. The third-order valence-electron chi connectivity index (χ3n) is 3.14. The van der Waals surface area contributed by atoms with Crippen molar-refractivity contribution in [2.24, 2.45) is 4.99 Å². The van der Waals surface area contributed by atoms with E-state index in [1.54, 1.807) is 31.3 Å². The number of hydrogen-bond acceptors (Lipinski definition) is 3. The second kappa shape index (κ2) is 9.89. The Hall–Kier alpha value is -2.02. The Labute approximate surface area is 140 Å². The first-order valence-electron chi connectivity index (χ1n) is 7.56. The van der Waals surface area contributed by atoms with Crippen LogP contribution in [0.5, 0.6) is 0 Å². The largest absolute Gasteiger partial charge is 0.356 e. The molecule has 0 spiro atoms. The molecule has 0 bridgehead atoms. The van der Waals surface area contributed by atoms with Crippen molar-refractivity contribution in [1.29, 1.82) is 0 Å². The van der Waals surface area contributed by atoms with Crippen molar-refractivity contribution in [2.45, 2.75) is 17.9 Å². The summed E-state index contributed by atoms with van der Waals surface area (Å²) in [5.74, 6) is 1.59. The van der Waals surface area contributed by atoms with E-state index < -0.39 is 0 Å². The molecule has 7 heteroatoms. The molecular formula is C16H22FN5S. The molecule has 23 heavy (non-hydrogen) atoms. The molecule has 1 aromatic carbocycles. The molecule has 1 heterocycles. The highest BCUT2D eigenvalue weighted by atomic mass is 32.2. The molecule has 0 aliphatic heterocycles. The topological polar surface area (TPSA) is 54.2 Å². The molecule has 124 valence electrons. The molecule has 0 aliphatic carbocycles. The van der Waals surface area contributed by atoms with Gasteiger partial charge in [0.15, 0.2) is 5.96 Å². The van der Waals surface area contributed by atoms with Crippen molar-refractivity contribution in [2.75, 3.05) is 25.9 Å². The van der Waals surface area contributed by atoms with Gasteiger partial charge in [-0.2, -0.15) is 0 Å². The zero-order valence-corrected chi connectivity index (χ0v) is 14.0. The number of aromatic nitrogens is 2. The third kappa shape index (κ3) is 6.73. The number of guanidine groups is 1. The zero-order valence-electron chi connectivity index (χ0n) is 13.2. The predicted octanol–water partition coefficient (Wildman–Crippen LogP) is 2.37. The molecule has 0 amide bonds. The maximum Gasteiger partial charge on any atom is 0.191 e. The van der Waals surface area contributed by atoms with Crippen LogP contribution in [0, 0.1) is 5.82 Å². The number of aliphatic imine (C=N–C) groups is 1. The van der Waals surface area contributed by atoms with Crippen LogP contribution in [0.3, 0.4) is 0 Å². The number of halogens is 1. The second-order valence-electron chi connectivity index (χ2n) is 4.88. The molecule has 0 unspecified atom stereocenters. The normalized spacial score (nSPS) is 11.5. The van der Waals surface area contributed by atoms with Crippen LogP contribution in [0.1, 0.15) is 6.42 Å². The van der Waals surface area contributed by atoms with Gasteiger partial charge in [-0.15, -0.1) is 11.8 Å². The molecule has 2 rings (SSSR count). The lowest BCUT2D eigenvalue weighted by Gasteiger charge is -2.12. The molecule has 0 saturated heterocycles. The van der Waals surface area contributed by atoms with E-state index in [9.17, 15) is 4.39 Å². The molecule has 0 atom stereocenters. The highest BCUT2D eigenvalue weighted by Gasteiger charge is 1.98. The van der Waals surface area contributed by atoms with Crippen molar-refractivity contribution in [3.8, 4) is 0 Å². The van der Waals surface area contributed by atoms with Crippen LogP contribution in [0.4, 0.5) is 4.39 Å². The summed E-state index contributed by atoms with van der Waals surface area (Å²) in [7, 11) is 1.76. The van der Waals surface area contributed by atoms with Crippen molar-refractivity contribution < 1.29 is 4.39 Å². The van der Waals surface area contributed by atoms with Crippen LogP contribution in [0.15, 0.2) is 52.9 Å². The number of hydrogen-bond donors (Lipinski definition) is 2. The minimum Gasteiger partial charge on any atom is -0.356 e. The summed E-state index contributed by atoms with van der Waals surface area (Å²) in [6.07, 6.45) is 6.51. The third-order valence-corrected chi connectivity index (χ3v) is 4.24. The van der Waals surface area contributed by atoms with Gasteiger partial charge in [0.1, 0.15) is 5.82 Å². The fraction of sp³-hybridized carbons (Fsp3) is 0.375. The first-order chi connectivity index (χ1) is 11.3. The number of imidazole rings is 1. The number of benzene rings is 1. The highest BCUT2D eigenvalue weighted by molar-refractivity contribution is 7.99. The quantitative estimate of drug-likeness (QED) is 0.337. The molecule has 0 saturated carbocycles. The minimum atomic E-state index is -0.193. The first kappa shape index (κ1) is 17.3. The summed E-state index contributed by atoms with van der Waals surface area (Å²) in [6.45, 7) is 2.49. The van der Waals surface area contributed by atoms with Crippen LogP contribution < -0.4 is 10.6 Å². The summed E-state index contributed by atoms with van der Waals surface area (Å²) in [4.78, 5) is 9.29. The maximum absolute atomic E-state index is 12.8. The standard InChI is InChI=1S/C16H22FN5S/c1-18-16(21-9-11-22-10-8-19-13-22)20-7-2-12-23-15-5-3-14(17)4-6-15/h3-6,8,10,13H,2,7,9,11-12H2,1H3,(H2,18,20,21). The number of thioether (sulfide) groups is 1. The number of nitrogens with zero attached hydrogens (tertiary/aromatic N) is 3. The Morgan fingerprint density at radius 1 is 1.26 bits per heavy atom. The lowest BCUT2D eigenvalue weighted by molar-refractivity contribution is 0.626. The van der Waals surface area contributed by atoms with Crippen molar-refractivity contribution in [3.63, 3.8) is 0 Å². The summed E-state index contributed by atoms with van der Waals surface area (Å²) in [5.41, 5.74) is 0. The number of rotatable bonds is 8. The summed E-state index contributed by atoms with van der Waals surface area (Å²) >= 11 is 1.73. The molecule has 0 aliphatic rings. The van der Waals surface area contributed by atoms with Crippen LogP contribution >= 0.6 is 11.8 Å². The summed E-state index contributed by atoms with van der Waals surface area (Å²) in [6, 6.07) is 6.60. The van der Waals surface area contributed by atoms with Gasteiger partial charge in [0.2, 0.25) is 0 Å². The fourth-order valence-electron chi connectivity index (χ4n) is 1.94. The highest BCUT2D eigenvalue weighted by Crippen LogP contribution is 2.18. The predicted molar refractivity (Wildman–Crippen MR) is 93.3 cm³/mol. The Morgan fingerprint density at radius 3 is 2.74 bits per heavy atom. The summed E-state index contributed by atoms with van der Waals surface area (Å²) < 4.78 is 14.8. The van der Waals surface area contributed by atoms with E-state index in [2.05, 4.69) is 20.6 Å². The van der Waals surface area contributed by atoms with E-state index in [1.807, 2.05) is 22.9 Å². The lowest BCUT2D eigenvalue weighted by Crippen LogP contribution is -2.39. The average Bonchev–Trinajstić information content (AvgIpc) is 3.08. The van der Waals surface area contributed by atoms with E-state index in [-0.39, 0.29) is 5.82 Å². The van der Waals surface area contributed by atoms with Gasteiger partial charge >= 0.3 is 0 Å². The molecule has 2 aromatic rings.